The minimum atomic E-state index is -0.198. The third kappa shape index (κ3) is 3.70. The summed E-state index contributed by atoms with van der Waals surface area (Å²) in [6, 6.07) is 13.9. The molecule has 0 aliphatic carbocycles. The Bertz CT molecular complexity index is 694. The first kappa shape index (κ1) is 15.7. The van der Waals surface area contributed by atoms with E-state index >= 15 is 0 Å². The Kier molecular flexibility index (Phi) is 4.89. The molecule has 2 rings (SSSR count). The van der Waals surface area contributed by atoms with Gasteiger partial charge in [0, 0.05) is 11.1 Å². The molecular formula is C19H18O3. The summed E-state index contributed by atoms with van der Waals surface area (Å²) in [6.07, 6.45) is -0.140. The van der Waals surface area contributed by atoms with Crippen LogP contribution in [0.25, 0.3) is 5.57 Å². The number of allylic oxidation sites excluding steroid dienone is 1. The quantitative estimate of drug-likeness (QED) is 0.593. The second-order valence-electron chi connectivity index (χ2n) is 5.11. The van der Waals surface area contributed by atoms with Gasteiger partial charge in [-0.3, -0.25) is 9.59 Å². The van der Waals surface area contributed by atoms with E-state index in [0.717, 1.165) is 11.1 Å². The maximum Gasteiger partial charge on any atom is 0.170 e. The van der Waals surface area contributed by atoms with Gasteiger partial charge in [-0.15, -0.1) is 0 Å². The van der Waals surface area contributed by atoms with Crippen LogP contribution < -0.4 is 4.74 Å². The minimum absolute atomic E-state index is 0.140. The molecule has 0 heterocycles. The Morgan fingerprint density at radius 2 is 1.27 bits per heavy atom. The number of ketones is 2. The number of Topliss-reactive ketones (excluding diaryl/α,β-unsaturated/α-hetero) is 2. The van der Waals surface area contributed by atoms with Crippen LogP contribution >= 0.6 is 0 Å². The van der Waals surface area contributed by atoms with E-state index in [4.69, 9.17) is 4.74 Å². The van der Waals surface area contributed by atoms with Crippen LogP contribution in [0.4, 0.5) is 0 Å². The summed E-state index contributed by atoms with van der Waals surface area (Å²) in [5, 5.41) is 0. The number of rotatable bonds is 6. The van der Waals surface area contributed by atoms with Gasteiger partial charge in [0.1, 0.15) is 5.75 Å². The van der Waals surface area contributed by atoms with E-state index in [1.807, 2.05) is 19.1 Å². The summed E-state index contributed by atoms with van der Waals surface area (Å²) in [5.74, 6) is 0.295. The van der Waals surface area contributed by atoms with Crippen molar-refractivity contribution in [1.82, 2.24) is 0 Å². The van der Waals surface area contributed by atoms with Gasteiger partial charge in [-0.25, -0.2) is 0 Å². The van der Waals surface area contributed by atoms with Gasteiger partial charge in [0.25, 0.3) is 0 Å². The molecule has 0 unspecified atom stereocenters. The molecule has 0 N–H and O–H groups in total. The first-order valence-corrected chi connectivity index (χ1v) is 6.97. The van der Waals surface area contributed by atoms with Crippen LogP contribution in [0, 0.1) is 0 Å². The lowest BCUT2D eigenvalue weighted by molar-refractivity contribution is 0.0894. The summed E-state index contributed by atoms with van der Waals surface area (Å²) in [7, 11) is 1.56. The molecule has 0 saturated carbocycles. The van der Waals surface area contributed by atoms with Gasteiger partial charge >= 0.3 is 0 Å². The molecule has 3 nitrogen and oxygen atoms in total. The summed E-state index contributed by atoms with van der Waals surface area (Å²) in [5.41, 5.74) is 2.96. The highest BCUT2D eigenvalue weighted by Gasteiger charge is 2.13. The van der Waals surface area contributed by atoms with Crippen LogP contribution in [0.5, 0.6) is 5.75 Å². The second kappa shape index (κ2) is 6.85. The van der Waals surface area contributed by atoms with E-state index in [-0.39, 0.29) is 18.0 Å². The van der Waals surface area contributed by atoms with Crippen LogP contribution in [0.1, 0.15) is 39.6 Å². The smallest absolute Gasteiger partial charge is 0.170 e. The standard InChI is InChI=1S/C19H18O3/c1-13(2)14-4-6-15(7-5-14)18(20)12-19(21)16-8-10-17(22-3)11-9-16/h4-11H,1,12H2,2-3H3. The summed E-state index contributed by atoms with van der Waals surface area (Å²) in [4.78, 5) is 24.3. The van der Waals surface area contributed by atoms with E-state index in [9.17, 15) is 9.59 Å². The predicted molar refractivity (Wildman–Crippen MR) is 87.4 cm³/mol. The molecule has 0 radical (unpaired) electrons. The Labute approximate surface area is 130 Å². The van der Waals surface area contributed by atoms with Crippen molar-refractivity contribution in [2.75, 3.05) is 7.11 Å². The zero-order chi connectivity index (χ0) is 16.1. The topological polar surface area (TPSA) is 43.4 Å². The average Bonchev–Trinajstić information content (AvgIpc) is 2.54. The summed E-state index contributed by atoms with van der Waals surface area (Å²) < 4.78 is 5.04. The van der Waals surface area contributed by atoms with Crippen molar-refractivity contribution in [3.8, 4) is 5.75 Å². The maximum absolute atomic E-state index is 12.2. The van der Waals surface area contributed by atoms with Crippen molar-refractivity contribution >= 4 is 17.1 Å². The van der Waals surface area contributed by atoms with Gasteiger partial charge in [0.2, 0.25) is 0 Å². The van der Waals surface area contributed by atoms with Crippen LogP contribution in [-0.2, 0) is 0 Å². The second-order valence-corrected chi connectivity index (χ2v) is 5.11. The fourth-order valence-electron chi connectivity index (χ4n) is 2.07. The Morgan fingerprint density at radius 3 is 1.68 bits per heavy atom. The molecule has 0 amide bonds. The minimum Gasteiger partial charge on any atom is -0.497 e. The largest absolute Gasteiger partial charge is 0.497 e. The van der Waals surface area contributed by atoms with Crippen LogP contribution in [0.15, 0.2) is 55.1 Å². The van der Waals surface area contributed by atoms with E-state index in [1.54, 1.807) is 43.5 Å². The molecule has 22 heavy (non-hydrogen) atoms. The lowest BCUT2D eigenvalue weighted by Crippen LogP contribution is -2.08. The lowest BCUT2D eigenvalue weighted by Gasteiger charge is -2.04. The highest BCUT2D eigenvalue weighted by Crippen LogP contribution is 2.16. The lowest BCUT2D eigenvalue weighted by atomic mass is 9.99. The van der Waals surface area contributed by atoms with Crippen molar-refractivity contribution < 1.29 is 14.3 Å². The number of carbonyl (C=O) groups excluding carboxylic acids is 2. The van der Waals surface area contributed by atoms with Gasteiger partial charge in [0.15, 0.2) is 11.6 Å². The number of hydrogen-bond donors (Lipinski definition) is 0. The number of hydrogen-bond acceptors (Lipinski definition) is 3. The van der Waals surface area contributed by atoms with E-state index in [2.05, 4.69) is 6.58 Å². The monoisotopic (exact) mass is 294 g/mol. The fourth-order valence-corrected chi connectivity index (χ4v) is 2.07. The first-order chi connectivity index (χ1) is 10.5. The molecular weight excluding hydrogens is 276 g/mol. The van der Waals surface area contributed by atoms with Gasteiger partial charge in [0.05, 0.1) is 13.5 Å². The fraction of sp³-hybridized carbons (Fsp3) is 0.158. The highest BCUT2D eigenvalue weighted by molar-refractivity contribution is 6.13. The Hall–Kier alpha value is -2.68. The molecule has 0 aliphatic rings. The van der Waals surface area contributed by atoms with E-state index in [1.165, 1.54) is 0 Å². The molecule has 3 heteroatoms. The number of carbonyl (C=O) groups is 2. The first-order valence-electron chi connectivity index (χ1n) is 6.97. The number of ether oxygens (including phenoxy) is 1. The maximum atomic E-state index is 12.2. The number of methoxy groups -OCH3 is 1. The van der Waals surface area contributed by atoms with Crippen molar-refractivity contribution in [3.05, 3.63) is 71.8 Å². The van der Waals surface area contributed by atoms with Gasteiger partial charge < -0.3 is 4.74 Å². The molecule has 0 aliphatic heterocycles. The molecule has 0 atom stereocenters. The molecule has 0 bridgehead atoms. The van der Waals surface area contributed by atoms with Gasteiger partial charge in [-0.1, -0.05) is 36.4 Å². The molecule has 0 saturated heterocycles. The van der Waals surface area contributed by atoms with Crippen LogP contribution in [0.2, 0.25) is 0 Å². The molecule has 112 valence electrons. The summed E-state index contributed by atoms with van der Waals surface area (Å²) >= 11 is 0. The Balaban J connectivity index is 2.06. The van der Waals surface area contributed by atoms with Crippen LogP contribution in [0.3, 0.4) is 0 Å². The van der Waals surface area contributed by atoms with E-state index in [0.29, 0.717) is 16.9 Å². The zero-order valence-corrected chi connectivity index (χ0v) is 12.8. The van der Waals surface area contributed by atoms with Gasteiger partial charge in [-0.05, 0) is 36.8 Å². The van der Waals surface area contributed by atoms with E-state index < -0.39 is 0 Å². The molecule has 0 spiro atoms. The van der Waals surface area contributed by atoms with Crippen molar-refractivity contribution in [2.24, 2.45) is 0 Å². The molecule has 0 fully saturated rings. The van der Waals surface area contributed by atoms with Crippen molar-refractivity contribution in [3.63, 3.8) is 0 Å². The third-order valence-electron chi connectivity index (χ3n) is 3.43. The molecule has 2 aromatic rings. The van der Waals surface area contributed by atoms with Crippen molar-refractivity contribution in [1.29, 1.82) is 0 Å². The normalized spacial score (nSPS) is 10.1. The molecule has 0 aromatic heterocycles. The van der Waals surface area contributed by atoms with Gasteiger partial charge in [-0.2, -0.15) is 0 Å². The Morgan fingerprint density at radius 1 is 0.864 bits per heavy atom. The highest BCUT2D eigenvalue weighted by atomic mass is 16.5. The number of benzene rings is 2. The zero-order valence-electron chi connectivity index (χ0n) is 12.8. The van der Waals surface area contributed by atoms with Crippen LogP contribution in [-0.4, -0.2) is 18.7 Å². The third-order valence-corrected chi connectivity index (χ3v) is 3.43. The summed E-state index contributed by atoms with van der Waals surface area (Å²) in [6.45, 7) is 5.76. The average molecular weight is 294 g/mol. The van der Waals surface area contributed by atoms with Crippen molar-refractivity contribution in [2.45, 2.75) is 13.3 Å². The molecule has 2 aromatic carbocycles. The SMILES string of the molecule is C=C(C)c1ccc(C(=O)CC(=O)c2ccc(OC)cc2)cc1. The predicted octanol–water partition coefficient (Wildman–Crippen LogP) is 4.18.